The van der Waals surface area contributed by atoms with Crippen molar-refractivity contribution in [2.24, 2.45) is 5.92 Å². The van der Waals surface area contributed by atoms with Crippen LogP contribution in [0.1, 0.15) is 52.9 Å². The molecule has 2 rings (SSSR count). The highest BCUT2D eigenvalue weighted by atomic mass is 28.3. The van der Waals surface area contributed by atoms with Crippen LogP contribution in [0.5, 0.6) is 0 Å². The Balaban J connectivity index is 2.41. The van der Waals surface area contributed by atoms with Crippen molar-refractivity contribution in [2.45, 2.75) is 71.0 Å². The van der Waals surface area contributed by atoms with Crippen LogP contribution in [0.2, 0.25) is 18.1 Å². The number of hydrogen-bond acceptors (Lipinski definition) is 1. The molecule has 19 heavy (non-hydrogen) atoms. The van der Waals surface area contributed by atoms with Gasteiger partial charge in [-0.3, -0.25) is 0 Å². The van der Waals surface area contributed by atoms with Crippen molar-refractivity contribution in [3.63, 3.8) is 0 Å². The monoisotopic (exact) mass is 278 g/mol. The second kappa shape index (κ2) is 5.21. The number of rotatable bonds is 2. The zero-order chi connectivity index (χ0) is 14.3. The molecule has 1 N–H and O–H groups in total. The van der Waals surface area contributed by atoms with E-state index in [1.54, 1.807) is 16.3 Å². The van der Waals surface area contributed by atoms with Crippen molar-refractivity contribution >= 4 is 8.07 Å². The second-order valence-corrected chi connectivity index (χ2v) is 13.2. The minimum Gasteiger partial charge on any atom is -0.396 e. The normalized spacial score (nSPS) is 25.2. The minimum atomic E-state index is -1.50. The molecule has 0 heterocycles. The molecule has 0 aromatic heterocycles. The van der Waals surface area contributed by atoms with Crippen LogP contribution in [0.4, 0.5) is 0 Å². The van der Waals surface area contributed by atoms with E-state index in [9.17, 15) is 5.11 Å². The molecule has 0 spiro atoms. The van der Waals surface area contributed by atoms with Crippen molar-refractivity contribution in [3.8, 4) is 0 Å². The molecule has 1 nitrogen and oxygen atoms in total. The lowest BCUT2D eigenvalue weighted by Crippen LogP contribution is -2.44. The Morgan fingerprint density at radius 2 is 1.84 bits per heavy atom. The first-order valence-electron chi connectivity index (χ1n) is 7.81. The van der Waals surface area contributed by atoms with Gasteiger partial charge in [0.25, 0.3) is 0 Å². The molecule has 0 fully saturated rings. The smallest absolute Gasteiger partial charge is 0.0812 e. The highest BCUT2D eigenvalue weighted by Gasteiger charge is 2.42. The average Bonchev–Trinajstić information content (AvgIpc) is 2.35. The summed E-state index contributed by atoms with van der Waals surface area (Å²) in [5.74, 6) is 0.401. The van der Waals surface area contributed by atoms with Crippen molar-refractivity contribution < 1.29 is 5.11 Å². The van der Waals surface area contributed by atoms with Crippen LogP contribution < -0.4 is 0 Å². The Hall–Kier alpha value is -0.343. The zero-order valence-corrected chi connectivity index (χ0v) is 14.3. The molecule has 2 aliphatic carbocycles. The summed E-state index contributed by atoms with van der Waals surface area (Å²) in [6.45, 7) is 12.4. The molecule has 0 aromatic rings. The van der Waals surface area contributed by atoms with Gasteiger partial charge in [-0.05, 0) is 42.7 Å². The number of aliphatic hydroxyl groups is 1. The van der Waals surface area contributed by atoms with Gasteiger partial charge in [-0.1, -0.05) is 50.7 Å². The van der Waals surface area contributed by atoms with Gasteiger partial charge in [0.2, 0.25) is 0 Å². The summed E-state index contributed by atoms with van der Waals surface area (Å²) in [4.78, 5) is 0. The molecule has 0 radical (unpaired) electrons. The summed E-state index contributed by atoms with van der Waals surface area (Å²) in [5.41, 5.74) is 3.27. The molecule has 1 atom stereocenters. The van der Waals surface area contributed by atoms with Crippen LogP contribution in [-0.4, -0.2) is 19.8 Å². The molecule has 2 aliphatic rings. The molecule has 0 amide bonds. The maximum atomic E-state index is 9.84. The van der Waals surface area contributed by atoms with Crippen LogP contribution >= 0.6 is 0 Å². The topological polar surface area (TPSA) is 20.2 Å². The molecule has 108 valence electrons. The van der Waals surface area contributed by atoms with Gasteiger partial charge in [0.05, 0.1) is 8.07 Å². The van der Waals surface area contributed by atoms with E-state index in [1.807, 2.05) is 0 Å². The summed E-state index contributed by atoms with van der Waals surface area (Å²) >= 11 is 0. The van der Waals surface area contributed by atoms with E-state index in [1.165, 1.54) is 25.7 Å². The van der Waals surface area contributed by atoms with Crippen LogP contribution in [0.15, 0.2) is 22.4 Å². The average molecular weight is 279 g/mol. The van der Waals surface area contributed by atoms with E-state index in [0.29, 0.717) is 17.6 Å². The largest absolute Gasteiger partial charge is 0.396 e. The van der Waals surface area contributed by atoms with Crippen LogP contribution in [-0.2, 0) is 0 Å². The SMILES string of the molecule is CC(C)(C)[Si](C)(C)C1=CC2=C(CCCC2)CC1CO. The first kappa shape index (κ1) is 15.1. The van der Waals surface area contributed by atoms with Crippen LogP contribution in [0.3, 0.4) is 0 Å². The van der Waals surface area contributed by atoms with Gasteiger partial charge in [-0.25, -0.2) is 0 Å². The third-order valence-corrected chi connectivity index (χ3v) is 11.5. The van der Waals surface area contributed by atoms with Gasteiger partial charge in [0.1, 0.15) is 0 Å². The Morgan fingerprint density at radius 1 is 1.21 bits per heavy atom. The summed E-state index contributed by atoms with van der Waals surface area (Å²) in [5, 5.41) is 11.8. The predicted octanol–water partition coefficient (Wildman–Crippen LogP) is 4.84. The summed E-state index contributed by atoms with van der Waals surface area (Å²) in [6, 6.07) is 0. The van der Waals surface area contributed by atoms with Gasteiger partial charge in [-0.2, -0.15) is 0 Å². The maximum Gasteiger partial charge on any atom is 0.0812 e. The Morgan fingerprint density at radius 3 is 2.42 bits per heavy atom. The Labute approximate surface area is 119 Å². The zero-order valence-electron chi connectivity index (χ0n) is 13.3. The fourth-order valence-corrected chi connectivity index (χ4v) is 6.01. The fraction of sp³-hybridized carbons (Fsp3) is 0.765. The summed E-state index contributed by atoms with van der Waals surface area (Å²) in [6.07, 6.45) is 8.88. The molecule has 0 saturated carbocycles. The molecular formula is C17H30OSi. The molecule has 2 heteroatoms. The second-order valence-electron chi connectivity index (χ2n) is 7.89. The molecule has 0 bridgehead atoms. The van der Waals surface area contributed by atoms with Gasteiger partial charge < -0.3 is 5.11 Å². The first-order valence-corrected chi connectivity index (χ1v) is 10.8. The molecule has 0 aliphatic heterocycles. The van der Waals surface area contributed by atoms with E-state index in [4.69, 9.17) is 0 Å². The quantitative estimate of drug-likeness (QED) is 0.716. The van der Waals surface area contributed by atoms with E-state index in [-0.39, 0.29) is 0 Å². The predicted molar refractivity (Wildman–Crippen MR) is 86.0 cm³/mol. The maximum absolute atomic E-state index is 9.84. The minimum absolute atomic E-state index is 0.328. The molecule has 1 unspecified atom stereocenters. The van der Waals surface area contributed by atoms with E-state index >= 15 is 0 Å². The lowest BCUT2D eigenvalue weighted by Gasteiger charge is -2.44. The standard InChI is InChI=1S/C17H30OSi/c1-17(2,3)19(4,5)16-11-14-9-7-6-8-13(14)10-15(16)12-18/h11,15,18H,6-10,12H2,1-5H3. The van der Waals surface area contributed by atoms with Gasteiger partial charge in [0, 0.05) is 12.5 Å². The van der Waals surface area contributed by atoms with Crippen LogP contribution in [0.25, 0.3) is 0 Å². The lowest BCUT2D eigenvalue weighted by atomic mass is 9.82. The van der Waals surface area contributed by atoms with Crippen molar-refractivity contribution in [2.75, 3.05) is 6.61 Å². The summed E-state index contributed by atoms with van der Waals surface area (Å²) in [7, 11) is -1.50. The molecular weight excluding hydrogens is 248 g/mol. The Kier molecular flexibility index (Phi) is 4.13. The van der Waals surface area contributed by atoms with Gasteiger partial charge in [0.15, 0.2) is 0 Å². The highest BCUT2D eigenvalue weighted by molar-refractivity contribution is 6.86. The Bertz CT molecular complexity index is 409. The van der Waals surface area contributed by atoms with Crippen molar-refractivity contribution in [1.29, 1.82) is 0 Å². The lowest BCUT2D eigenvalue weighted by molar-refractivity contribution is 0.245. The van der Waals surface area contributed by atoms with E-state index in [2.05, 4.69) is 39.9 Å². The van der Waals surface area contributed by atoms with Crippen LogP contribution in [0, 0.1) is 5.92 Å². The number of aliphatic hydroxyl groups excluding tert-OH is 1. The molecule has 0 saturated heterocycles. The van der Waals surface area contributed by atoms with Crippen molar-refractivity contribution in [3.05, 3.63) is 22.4 Å². The molecule has 0 aromatic carbocycles. The number of hydrogen-bond donors (Lipinski definition) is 1. The first-order chi connectivity index (χ1) is 8.77. The van der Waals surface area contributed by atoms with Gasteiger partial charge >= 0.3 is 0 Å². The van der Waals surface area contributed by atoms with E-state index in [0.717, 1.165) is 6.42 Å². The number of allylic oxidation sites excluding steroid dienone is 3. The fourth-order valence-electron chi connectivity index (χ4n) is 3.40. The van der Waals surface area contributed by atoms with E-state index < -0.39 is 8.07 Å². The third kappa shape index (κ3) is 2.75. The highest BCUT2D eigenvalue weighted by Crippen LogP contribution is 2.47. The third-order valence-electron chi connectivity index (χ3n) is 5.71. The van der Waals surface area contributed by atoms with Gasteiger partial charge in [-0.15, -0.1) is 0 Å². The van der Waals surface area contributed by atoms with Crippen molar-refractivity contribution in [1.82, 2.24) is 0 Å². The summed E-state index contributed by atoms with van der Waals surface area (Å²) < 4.78 is 0.